The Balaban J connectivity index is 1.72. The Kier molecular flexibility index (Phi) is 5.29. The number of hydrogen-bond donors (Lipinski definition) is 0. The number of allylic oxidation sites excluding steroid dienone is 2. The molecule has 0 fully saturated rings. The molecule has 1 aliphatic heterocycles. The first kappa shape index (κ1) is 22.3. The van der Waals surface area contributed by atoms with Crippen molar-refractivity contribution in [2.45, 2.75) is 39.0 Å². The van der Waals surface area contributed by atoms with Gasteiger partial charge in [-0.3, -0.25) is 24.6 Å². The van der Waals surface area contributed by atoms with Crippen molar-refractivity contribution < 1.29 is 14.5 Å². The summed E-state index contributed by atoms with van der Waals surface area (Å²) in [5, 5.41) is 14.1. The van der Waals surface area contributed by atoms with Crippen molar-refractivity contribution in [1.29, 1.82) is 0 Å². The molecule has 34 heavy (non-hydrogen) atoms. The summed E-state index contributed by atoms with van der Waals surface area (Å²) in [5.74, 6) is -0.676. The van der Waals surface area contributed by atoms with Gasteiger partial charge in [0.05, 0.1) is 4.92 Å². The molecule has 3 aromatic rings. The van der Waals surface area contributed by atoms with Crippen LogP contribution in [0.25, 0.3) is 10.8 Å². The third kappa shape index (κ3) is 3.78. The zero-order valence-electron chi connectivity index (χ0n) is 18.9. The highest BCUT2D eigenvalue weighted by Gasteiger charge is 2.45. The number of nitro benzene ring substituents is 1. The number of rotatable bonds is 3. The van der Waals surface area contributed by atoms with Gasteiger partial charge in [0, 0.05) is 41.1 Å². The minimum absolute atomic E-state index is 0.0153. The number of benzene rings is 3. The summed E-state index contributed by atoms with van der Waals surface area (Å²) in [4.78, 5) is 39.8. The van der Waals surface area contributed by atoms with Gasteiger partial charge in [-0.1, -0.05) is 67.9 Å². The van der Waals surface area contributed by atoms with Gasteiger partial charge in [-0.2, -0.15) is 0 Å². The average molecular weight is 475 g/mol. The maximum absolute atomic E-state index is 13.6. The van der Waals surface area contributed by atoms with Gasteiger partial charge in [-0.25, -0.2) is 0 Å². The summed E-state index contributed by atoms with van der Waals surface area (Å²) < 4.78 is 0. The molecular formula is C27H23ClN2O4. The lowest BCUT2D eigenvalue weighted by Crippen LogP contribution is -2.44. The summed E-state index contributed by atoms with van der Waals surface area (Å²) in [6, 6.07) is 18.2. The molecule has 7 heteroatoms. The fourth-order valence-corrected chi connectivity index (χ4v) is 5.40. The second kappa shape index (κ2) is 8.06. The van der Waals surface area contributed by atoms with Gasteiger partial charge < -0.3 is 0 Å². The Bertz CT molecular complexity index is 1410. The largest absolute Gasteiger partial charge is 0.294 e. The molecule has 0 radical (unpaired) electrons. The fraction of sp³-hybridized carbons (Fsp3) is 0.259. The highest BCUT2D eigenvalue weighted by Crippen LogP contribution is 2.49. The molecule has 0 spiro atoms. The topological polar surface area (TPSA) is 80.5 Å². The quantitative estimate of drug-likeness (QED) is 0.318. The maximum atomic E-state index is 13.6. The number of amides is 1. The number of carbonyl (C=O) groups excluding carboxylic acids is 2. The highest BCUT2D eigenvalue weighted by molar-refractivity contribution is 6.31. The Morgan fingerprint density at radius 2 is 1.74 bits per heavy atom. The van der Waals surface area contributed by atoms with Crippen molar-refractivity contribution in [3.8, 4) is 0 Å². The van der Waals surface area contributed by atoms with E-state index in [0.717, 1.165) is 16.3 Å². The predicted molar refractivity (Wildman–Crippen MR) is 132 cm³/mol. The van der Waals surface area contributed by atoms with E-state index in [1.807, 2.05) is 56.3 Å². The van der Waals surface area contributed by atoms with E-state index in [2.05, 4.69) is 0 Å². The van der Waals surface area contributed by atoms with Crippen molar-refractivity contribution in [3.63, 3.8) is 0 Å². The molecule has 2 aliphatic rings. The van der Waals surface area contributed by atoms with Crippen molar-refractivity contribution >= 4 is 45.4 Å². The van der Waals surface area contributed by atoms with Crippen LogP contribution in [0.15, 0.2) is 71.9 Å². The van der Waals surface area contributed by atoms with E-state index in [1.54, 1.807) is 0 Å². The Morgan fingerprint density at radius 1 is 1.00 bits per heavy atom. The predicted octanol–water partition coefficient (Wildman–Crippen LogP) is 6.57. The summed E-state index contributed by atoms with van der Waals surface area (Å²) in [5.41, 5.74) is 1.56. The molecule has 5 rings (SSSR count). The van der Waals surface area contributed by atoms with Crippen LogP contribution in [-0.4, -0.2) is 16.6 Å². The van der Waals surface area contributed by atoms with Crippen LogP contribution in [0.2, 0.25) is 5.02 Å². The molecule has 6 nitrogen and oxygen atoms in total. The number of nitrogens with zero attached hydrogens (tertiary/aromatic N) is 2. The highest BCUT2D eigenvalue weighted by atomic mass is 35.5. The SMILES string of the molecule is CC1(C)CC(=O)C2=C(C1)N(c1ccc(Cl)cc1[N+](=O)[O-])C(=O)CC2c1ccc2ccccc2c1. The molecule has 1 aliphatic carbocycles. The second-order valence-corrected chi connectivity index (χ2v) is 10.2. The van der Waals surface area contributed by atoms with Gasteiger partial charge in [0.15, 0.2) is 5.78 Å². The molecule has 1 amide bonds. The molecule has 0 aromatic heterocycles. The standard InChI is InChI=1S/C27H23ClN2O4/c1-27(2)14-23-26(24(31)15-27)20(18-8-7-16-5-3-4-6-17(16)11-18)13-25(32)29(23)21-10-9-19(28)12-22(21)30(33)34/h3-12,20H,13-15H2,1-2H3. The first-order valence-corrected chi connectivity index (χ1v) is 11.5. The van der Waals surface area contributed by atoms with Crippen LogP contribution in [0.4, 0.5) is 11.4 Å². The summed E-state index contributed by atoms with van der Waals surface area (Å²) in [6.45, 7) is 3.96. The number of nitro groups is 1. The first-order chi connectivity index (χ1) is 16.1. The van der Waals surface area contributed by atoms with Crippen LogP contribution in [0.1, 0.15) is 44.6 Å². The molecule has 172 valence electrons. The van der Waals surface area contributed by atoms with Crippen LogP contribution in [0.5, 0.6) is 0 Å². The fourth-order valence-electron chi connectivity index (χ4n) is 5.24. The third-order valence-corrected chi connectivity index (χ3v) is 6.93. The second-order valence-electron chi connectivity index (χ2n) is 9.78. The molecule has 0 N–H and O–H groups in total. The number of anilines is 1. The molecule has 1 unspecified atom stereocenters. The lowest BCUT2D eigenvalue weighted by Gasteiger charge is -2.42. The number of ketones is 1. The van der Waals surface area contributed by atoms with Crippen molar-refractivity contribution in [2.75, 3.05) is 4.90 Å². The number of Topliss-reactive ketones (excluding diaryl/α,β-unsaturated/α-hetero) is 1. The normalized spacial score (nSPS) is 20.0. The van der Waals surface area contributed by atoms with Crippen LogP contribution < -0.4 is 4.90 Å². The molecule has 0 saturated heterocycles. The van der Waals surface area contributed by atoms with Crippen LogP contribution in [0, 0.1) is 15.5 Å². The molecule has 0 saturated carbocycles. The van der Waals surface area contributed by atoms with Gasteiger partial charge in [-0.15, -0.1) is 0 Å². The molecular weight excluding hydrogens is 452 g/mol. The van der Waals surface area contributed by atoms with Gasteiger partial charge in [-0.05, 0) is 40.3 Å². The Hall–Kier alpha value is -3.51. The minimum Gasteiger partial charge on any atom is -0.294 e. The van der Waals surface area contributed by atoms with Crippen molar-refractivity contribution in [2.24, 2.45) is 5.41 Å². The smallest absolute Gasteiger partial charge is 0.294 e. The van der Waals surface area contributed by atoms with Gasteiger partial charge in [0.1, 0.15) is 5.69 Å². The monoisotopic (exact) mass is 474 g/mol. The van der Waals surface area contributed by atoms with Gasteiger partial charge in [0.25, 0.3) is 5.69 Å². The maximum Gasteiger partial charge on any atom is 0.294 e. The average Bonchev–Trinajstić information content (AvgIpc) is 2.77. The third-order valence-electron chi connectivity index (χ3n) is 6.69. The van der Waals surface area contributed by atoms with Gasteiger partial charge in [0.2, 0.25) is 5.91 Å². The lowest BCUT2D eigenvalue weighted by atomic mass is 9.69. The van der Waals surface area contributed by atoms with Crippen LogP contribution in [-0.2, 0) is 9.59 Å². The zero-order chi connectivity index (χ0) is 24.2. The van der Waals surface area contributed by atoms with E-state index >= 15 is 0 Å². The van der Waals surface area contributed by atoms with E-state index in [4.69, 9.17) is 11.6 Å². The van der Waals surface area contributed by atoms with E-state index in [1.165, 1.54) is 23.1 Å². The zero-order valence-corrected chi connectivity index (χ0v) is 19.6. The number of carbonyl (C=O) groups is 2. The van der Waals surface area contributed by atoms with Gasteiger partial charge >= 0.3 is 0 Å². The number of hydrogen-bond acceptors (Lipinski definition) is 4. The van der Waals surface area contributed by atoms with Crippen molar-refractivity contribution in [1.82, 2.24) is 0 Å². The van der Waals surface area contributed by atoms with E-state index in [9.17, 15) is 19.7 Å². The summed E-state index contributed by atoms with van der Waals surface area (Å²) in [7, 11) is 0. The van der Waals surface area contributed by atoms with Crippen molar-refractivity contribution in [3.05, 3.63) is 92.6 Å². The molecule has 3 aromatic carbocycles. The van der Waals surface area contributed by atoms with E-state index < -0.39 is 10.8 Å². The minimum atomic E-state index is -0.542. The Morgan fingerprint density at radius 3 is 2.47 bits per heavy atom. The molecule has 1 atom stereocenters. The summed E-state index contributed by atoms with van der Waals surface area (Å²) in [6.07, 6.45) is 0.882. The number of fused-ring (bicyclic) bond motifs is 1. The summed E-state index contributed by atoms with van der Waals surface area (Å²) >= 11 is 6.02. The van der Waals surface area contributed by atoms with E-state index in [0.29, 0.717) is 24.1 Å². The number of halogens is 1. The molecule has 1 heterocycles. The molecule has 0 bridgehead atoms. The first-order valence-electron chi connectivity index (χ1n) is 11.2. The van der Waals surface area contributed by atoms with Crippen LogP contribution >= 0.6 is 11.6 Å². The Labute approximate surface area is 202 Å². The van der Waals surface area contributed by atoms with Crippen LogP contribution in [0.3, 0.4) is 0 Å². The van der Waals surface area contributed by atoms with E-state index in [-0.39, 0.29) is 39.9 Å². The lowest BCUT2D eigenvalue weighted by molar-refractivity contribution is -0.384.